The van der Waals surface area contributed by atoms with Gasteiger partial charge in [0.1, 0.15) is 0 Å². The van der Waals surface area contributed by atoms with Gasteiger partial charge in [-0.2, -0.15) is 0 Å². The highest BCUT2D eigenvalue weighted by molar-refractivity contribution is 7.80. The standard InChI is InChI=1S/C18H27N3O2S/c1-4-5-6-7-11-16(22)21-18(24)20-15-10-8-9-14(12-15)19-17(23)13(2)3/h8-10,12-13H,4-7,11H2,1-3H3,(H,19,23)(H2,20,21,22,24). The molecule has 5 nitrogen and oxygen atoms in total. The lowest BCUT2D eigenvalue weighted by Crippen LogP contribution is -2.33. The Morgan fingerprint density at radius 1 is 1.08 bits per heavy atom. The molecule has 0 aliphatic rings. The number of thiocarbonyl (C=S) groups is 1. The third-order valence-electron chi connectivity index (χ3n) is 3.42. The number of amides is 2. The highest BCUT2D eigenvalue weighted by Gasteiger charge is 2.08. The second kappa shape index (κ2) is 10.8. The Kier molecular flexibility index (Phi) is 9.01. The zero-order valence-electron chi connectivity index (χ0n) is 14.6. The van der Waals surface area contributed by atoms with Crippen LogP contribution < -0.4 is 16.0 Å². The fraction of sp³-hybridized carbons (Fsp3) is 0.500. The molecule has 0 bridgehead atoms. The highest BCUT2D eigenvalue weighted by atomic mass is 32.1. The van der Waals surface area contributed by atoms with Gasteiger partial charge < -0.3 is 16.0 Å². The Bertz CT molecular complexity index is 573. The van der Waals surface area contributed by atoms with Crippen molar-refractivity contribution in [2.45, 2.75) is 52.9 Å². The van der Waals surface area contributed by atoms with Crippen molar-refractivity contribution in [1.82, 2.24) is 5.32 Å². The number of carbonyl (C=O) groups excluding carboxylic acids is 2. The predicted molar refractivity (Wildman–Crippen MR) is 103 cm³/mol. The number of hydrogen-bond donors (Lipinski definition) is 3. The van der Waals surface area contributed by atoms with E-state index in [1.54, 1.807) is 12.1 Å². The molecule has 0 atom stereocenters. The molecule has 0 spiro atoms. The summed E-state index contributed by atoms with van der Waals surface area (Å²) in [7, 11) is 0. The Hall–Kier alpha value is -1.95. The molecular weight excluding hydrogens is 322 g/mol. The Morgan fingerprint density at radius 3 is 2.38 bits per heavy atom. The third-order valence-corrected chi connectivity index (χ3v) is 3.63. The van der Waals surface area contributed by atoms with Gasteiger partial charge in [0.25, 0.3) is 0 Å². The molecule has 0 saturated heterocycles. The van der Waals surface area contributed by atoms with Crippen molar-refractivity contribution >= 4 is 40.5 Å². The van der Waals surface area contributed by atoms with Crippen LogP contribution in [0.3, 0.4) is 0 Å². The lowest BCUT2D eigenvalue weighted by Gasteiger charge is -2.12. The first-order valence-electron chi connectivity index (χ1n) is 8.44. The average molecular weight is 350 g/mol. The fourth-order valence-electron chi connectivity index (χ4n) is 2.03. The predicted octanol–water partition coefficient (Wildman–Crippen LogP) is 4.06. The summed E-state index contributed by atoms with van der Waals surface area (Å²) in [6.45, 7) is 5.81. The summed E-state index contributed by atoms with van der Waals surface area (Å²) >= 11 is 5.16. The summed E-state index contributed by atoms with van der Waals surface area (Å²) in [5.74, 6) is -0.210. The molecule has 24 heavy (non-hydrogen) atoms. The maximum absolute atomic E-state index is 11.8. The van der Waals surface area contributed by atoms with Crippen LogP contribution in [0.4, 0.5) is 11.4 Å². The van der Waals surface area contributed by atoms with Crippen LogP contribution in [0.2, 0.25) is 0 Å². The molecular formula is C18H27N3O2S. The lowest BCUT2D eigenvalue weighted by molar-refractivity contribution is -0.120. The SMILES string of the molecule is CCCCCCC(=O)NC(=S)Nc1cccc(NC(=O)C(C)C)c1. The van der Waals surface area contributed by atoms with Gasteiger partial charge in [0, 0.05) is 23.7 Å². The molecule has 0 saturated carbocycles. The van der Waals surface area contributed by atoms with Crippen molar-refractivity contribution in [2.24, 2.45) is 5.92 Å². The molecule has 0 aliphatic heterocycles. The van der Waals surface area contributed by atoms with E-state index >= 15 is 0 Å². The van der Waals surface area contributed by atoms with E-state index in [2.05, 4.69) is 22.9 Å². The lowest BCUT2D eigenvalue weighted by atomic mass is 10.1. The number of carbonyl (C=O) groups is 2. The van der Waals surface area contributed by atoms with Gasteiger partial charge in [-0.1, -0.05) is 46.1 Å². The van der Waals surface area contributed by atoms with E-state index in [1.807, 2.05) is 26.0 Å². The molecule has 2 amide bonds. The average Bonchev–Trinajstić information content (AvgIpc) is 2.51. The van der Waals surface area contributed by atoms with Crippen molar-refractivity contribution in [3.63, 3.8) is 0 Å². The highest BCUT2D eigenvalue weighted by Crippen LogP contribution is 2.16. The normalized spacial score (nSPS) is 10.3. The third kappa shape index (κ3) is 8.06. The van der Waals surface area contributed by atoms with E-state index in [9.17, 15) is 9.59 Å². The summed E-state index contributed by atoms with van der Waals surface area (Å²) < 4.78 is 0. The van der Waals surface area contributed by atoms with Gasteiger partial charge in [-0.25, -0.2) is 0 Å². The Labute approximate surface area is 149 Å². The first-order valence-corrected chi connectivity index (χ1v) is 8.85. The van der Waals surface area contributed by atoms with E-state index < -0.39 is 0 Å². The van der Waals surface area contributed by atoms with Gasteiger partial charge in [0.15, 0.2) is 5.11 Å². The molecule has 0 unspecified atom stereocenters. The summed E-state index contributed by atoms with van der Waals surface area (Å²) in [4.78, 5) is 23.5. The minimum Gasteiger partial charge on any atom is -0.332 e. The Balaban J connectivity index is 2.46. The molecule has 1 rings (SSSR count). The van der Waals surface area contributed by atoms with E-state index in [4.69, 9.17) is 12.2 Å². The molecule has 3 N–H and O–H groups in total. The summed E-state index contributed by atoms with van der Waals surface area (Å²) in [6, 6.07) is 7.22. The number of anilines is 2. The zero-order chi connectivity index (χ0) is 17.9. The maximum Gasteiger partial charge on any atom is 0.226 e. The van der Waals surface area contributed by atoms with E-state index in [0.29, 0.717) is 17.8 Å². The smallest absolute Gasteiger partial charge is 0.226 e. The van der Waals surface area contributed by atoms with E-state index in [-0.39, 0.29) is 22.8 Å². The fourth-order valence-corrected chi connectivity index (χ4v) is 2.26. The number of rotatable bonds is 8. The monoisotopic (exact) mass is 349 g/mol. The van der Waals surface area contributed by atoms with Gasteiger partial charge >= 0.3 is 0 Å². The zero-order valence-corrected chi connectivity index (χ0v) is 15.5. The van der Waals surface area contributed by atoms with Crippen LogP contribution in [0, 0.1) is 5.92 Å². The van der Waals surface area contributed by atoms with Gasteiger partial charge in [-0.3, -0.25) is 9.59 Å². The molecule has 1 aromatic carbocycles. The second-order valence-electron chi connectivity index (χ2n) is 6.04. The quantitative estimate of drug-likeness (QED) is 0.489. The van der Waals surface area contributed by atoms with Crippen molar-refractivity contribution in [2.75, 3.05) is 10.6 Å². The molecule has 0 fully saturated rings. The number of nitrogens with one attached hydrogen (secondary N) is 3. The van der Waals surface area contributed by atoms with Crippen molar-refractivity contribution in [3.05, 3.63) is 24.3 Å². The number of hydrogen-bond acceptors (Lipinski definition) is 3. The first-order chi connectivity index (χ1) is 11.4. The summed E-state index contributed by atoms with van der Waals surface area (Å²) in [5, 5.41) is 8.74. The van der Waals surface area contributed by atoms with Gasteiger partial charge in [-0.15, -0.1) is 0 Å². The number of unbranched alkanes of at least 4 members (excludes halogenated alkanes) is 3. The van der Waals surface area contributed by atoms with E-state index in [1.165, 1.54) is 0 Å². The molecule has 0 heterocycles. The molecule has 132 valence electrons. The molecule has 1 aromatic rings. The van der Waals surface area contributed by atoms with Gasteiger partial charge in [-0.05, 0) is 36.8 Å². The molecule has 0 aliphatic carbocycles. The number of benzene rings is 1. The van der Waals surface area contributed by atoms with Crippen molar-refractivity contribution in [1.29, 1.82) is 0 Å². The second-order valence-corrected chi connectivity index (χ2v) is 6.45. The topological polar surface area (TPSA) is 70.2 Å². The van der Waals surface area contributed by atoms with Crippen LogP contribution in [0.25, 0.3) is 0 Å². The van der Waals surface area contributed by atoms with Crippen LogP contribution >= 0.6 is 12.2 Å². The molecule has 6 heteroatoms. The van der Waals surface area contributed by atoms with Crippen LogP contribution in [0.5, 0.6) is 0 Å². The van der Waals surface area contributed by atoms with Crippen molar-refractivity contribution in [3.8, 4) is 0 Å². The maximum atomic E-state index is 11.8. The van der Waals surface area contributed by atoms with Crippen molar-refractivity contribution < 1.29 is 9.59 Å². The van der Waals surface area contributed by atoms with Crippen LogP contribution in [-0.2, 0) is 9.59 Å². The Morgan fingerprint density at radius 2 is 1.75 bits per heavy atom. The summed E-state index contributed by atoms with van der Waals surface area (Å²) in [5.41, 5.74) is 1.40. The molecule has 0 aromatic heterocycles. The van der Waals surface area contributed by atoms with E-state index in [0.717, 1.165) is 25.7 Å². The van der Waals surface area contributed by atoms with Gasteiger partial charge in [0.2, 0.25) is 11.8 Å². The van der Waals surface area contributed by atoms with Gasteiger partial charge in [0.05, 0.1) is 0 Å². The first kappa shape index (κ1) is 20.1. The minimum absolute atomic E-state index is 0.0462. The largest absolute Gasteiger partial charge is 0.332 e. The summed E-state index contributed by atoms with van der Waals surface area (Å²) in [6.07, 6.45) is 4.70. The van der Waals surface area contributed by atoms with Crippen LogP contribution in [-0.4, -0.2) is 16.9 Å². The minimum atomic E-state index is -0.0883. The van der Waals surface area contributed by atoms with Crippen LogP contribution in [0.1, 0.15) is 52.9 Å². The van der Waals surface area contributed by atoms with Crippen LogP contribution in [0.15, 0.2) is 24.3 Å². The molecule has 0 radical (unpaired) electrons.